The molecule has 1 heterocycles. The van der Waals surface area contributed by atoms with Crippen molar-refractivity contribution < 1.29 is 9.53 Å². The van der Waals surface area contributed by atoms with Crippen LogP contribution >= 0.6 is 0 Å². The molecule has 2 aromatic carbocycles. The molecular formula is C20H25N3O2. The third-order valence-corrected chi connectivity index (χ3v) is 4.51. The molecule has 0 saturated carbocycles. The monoisotopic (exact) mass is 339 g/mol. The fourth-order valence-corrected chi connectivity index (χ4v) is 3.16. The zero-order valence-corrected chi connectivity index (χ0v) is 14.6. The van der Waals surface area contributed by atoms with E-state index in [2.05, 4.69) is 33.7 Å². The normalized spacial score (nSPS) is 14.3. The highest BCUT2D eigenvalue weighted by Crippen LogP contribution is 2.22. The van der Waals surface area contributed by atoms with E-state index in [0.717, 1.165) is 25.2 Å². The molecule has 2 amide bonds. The van der Waals surface area contributed by atoms with Crippen molar-refractivity contribution in [2.75, 3.05) is 25.5 Å². The number of urea groups is 1. The molecule has 5 heteroatoms. The predicted octanol–water partition coefficient (Wildman–Crippen LogP) is 3.61. The van der Waals surface area contributed by atoms with Crippen molar-refractivity contribution in [1.82, 2.24) is 10.2 Å². The number of carbonyl (C=O) groups excluding carboxylic acids is 1. The minimum atomic E-state index is -0.236. The van der Waals surface area contributed by atoms with E-state index in [0.29, 0.717) is 18.0 Å². The number of para-hydroxylation sites is 2. The highest BCUT2D eigenvalue weighted by Gasteiger charge is 2.14. The van der Waals surface area contributed by atoms with Gasteiger partial charge in [-0.3, -0.25) is 4.90 Å². The Labute approximate surface area is 149 Å². The van der Waals surface area contributed by atoms with Crippen molar-refractivity contribution in [2.24, 2.45) is 0 Å². The Morgan fingerprint density at radius 1 is 1.04 bits per heavy atom. The van der Waals surface area contributed by atoms with Crippen LogP contribution in [0.25, 0.3) is 0 Å². The van der Waals surface area contributed by atoms with Gasteiger partial charge in [0.2, 0.25) is 0 Å². The summed E-state index contributed by atoms with van der Waals surface area (Å²) in [4.78, 5) is 14.7. The van der Waals surface area contributed by atoms with Crippen LogP contribution in [0.1, 0.15) is 24.0 Å². The number of rotatable bonds is 6. The van der Waals surface area contributed by atoms with Gasteiger partial charge in [0, 0.05) is 13.1 Å². The molecule has 0 aliphatic carbocycles. The Kier molecular flexibility index (Phi) is 5.90. The van der Waals surface area contributed by atoms with Crippen LogP contribution in [-0.2, 0) is 13.1 Å². The van der Waals surface area contributed by atoms with Crippen molar-refractivity contribution in [1.29, 1.82) is 0 Å². The minimum absolute atomic E-state index is 0.236. The van der Waals surface area contributed by atoms with Crippen LogP contribution in [0.3, 0.4) is 0 Å². The number of anilines is 1. The summed E-state index contributed by atoms with van der Waals surface area (Å²) in [7, 11) is 1.59. The molecule has 0 radical (unpaired) electrons. The minimum Gasteiger partial charge on any atom is -0.495 e. The molecule has 0 bridgehead atoms. The first-order valence-corrected chi connectivity index (χ1v) is 8.73. The quantitative estimate of drug-likeness (QED) is 0.845. The van der Waals surface area contributed by atoms with E-state index in [1.54, 1.807) is 7.11 Å². The second-order valence-corrected chi connectivity index (χ2v) is 6.26. The van der Waals surface area contributed by atoms with Crippen LogP contribution in [0.2, 0.25) is 0 Å². The van der Waals surface area contributed by atoms with Crippen molar-refractivity contribution in [3.05, 3.63) is 59.7 Å². The number of hydrogen-bond acceptors (Lipinski definition) is 3. The maximum atomic E-state index is 12.2. The van der Waals surface area contributed by atoms with Crippen LogP contribution in [0.5, 0.6) is 5.75 Å². The summed E-state index contributed by atoms with van der Waals surface area (Å²) < 4.78 is 5.25. The van der Waals surface area contributed by atoms with Gasteiger partial charge in [-0.05, 0) is 49.2 Å². The summed E-state index contributed by atoms with van der Waals surface area (Å²) in [6.07, 6.45) is 2.56. The average Bonchev–Trinajstić information content (AvgIpc) is 3.14. The van der Waals surface area contributed by atoms with E-state index in [-0.39, 0.29) is 6.03 Å². The number of nitrogens with zero attached hydrogens (tertiary/aromatic N) is 1. The number of ether oxygens (including phenoxy) is 1. The Hall–Kier alpha value is -2.53. The molecule has 2 N–H and O–H groups in total. The molecule has 0 aromatic heterocycles. The van der Waals surface area contributed by atoms with E-state index < -0.39 is 0 Å². The highest BCUT2D eigenvalue weighted by molar-refractivity contribution is 5.90. The number of carbonyl (C=O) groups is 1. The zero-order valence-electron chi connectivity index (χ0n) is 14.6. The maximum absolute atomic E-state index is 12.2. The standard InChI is InChI=1S/C20H25N3O2/c1-25-19-11-5-4-10-18(19)22-20(24)21-14-16-8-2-3-9-17(16)15-23-12-6-7-13-23/h2-5,8-11H,6-7,12-15H2,1H3,(H2,21,22,24). The maximum Gasteiger partial charge on any atom is 0.319 e. The summed E-state index contributed by atoms with van der Waals surface area (Å²) in [6.45, 7) is 3.78. The van der Waals surface area contributed by atoms with E-state index in [9.17, 15) is 4.79 Å². The predicted molar refractivity (Wildman–Crippen MR) is 99.8 cm³/mol. The molecule has 1 saturated heterocycles. The first-order valence-electron chi connectivity index (χ1n) is 8.73. The first kappa shape index (κ1) is 17.3. The Balaban J connectivity index is 1.58. The van der Waals surface area contributed by atoms with Gasteiger partial charge in [0.1, 0.15) is 5.75 Å². The number of amides is 2. The lowest BCUT2D eigenvalue weighted by molar-refractivity contribution is 0.251. The fourth-order valence-electron chi connectivity index (χ4n) is 3.16. The molecule has 0 unspecified atom stereocenters. The number of nitrogens with one attached hydrogen (secondary N) is 2. The summed E-state index contributed by atoms with van der Waals surface area (Å²) in [5.74, 6) is 0.645. The molecule has 1 aliphatic rings. The number of benzene rings is 2. The molecule has 5 nitrogen and oxygen atoms in total. The highest BCUT2D eigenvalue weighted by atomic mass is 16.5. The van der Waals surface area contributed by atoms with E-state index in [1.807, 2.05) is 30.3 Å². The molecule has 3 rings (SSSR count). The van der Waals surface area contributed by atoms with Gasteiger partial charge in [-0.15, -0.1) is 0 Å². The number of likely N-dealkylation sites (tertiary alicyclic amines) is 1. The van der Waals surface area contributed by atoms with Gasteiger partial charge in [-0.2, -0.15) is 0 Å². The van der Waals surface area contributed by atoms with Crippen molar-refractivity contribution in [2.45, 2.75) is 25.9 Å². The number of methoxy groups -OCH3 is 1. The molecule has 0 spiro atoms. The Morgan fingerprint density at radius 3 is 2.48 bits per heavy atom. The third-order valence-electron chi connectivity index (χ3n) is 4.51. The van der Waals surface area contributed by atoms with Crippen molar-refractivity contribution in [3.8, 4) is 5.75 Å². The fraction of sp³-hybridized carbons (Fsp3) is 0.350. The topological polar surface area (TPSA) is 53.6 Å². The van der Waals surface area contributed by atoms with E-state index in [1.165, 1.54) is 18.4 Å². The summed E-state index contributed by atoms with van der Waals surface area (Å²) in [5, 5.41) is 5.78. The van der Waals surface area contributed by atoms with Crippen molar-refractivity contribution in [3.63, 3.8) is 0 Å². The molecule has 1 fully saturated rings. The van der Waals surface area contributed by atoms with Gasteiger partial charge in [0.15, 0.2) is 0 Å². The Morgan fingerprint density at radius 2 is 1.72 bits per heavy atom. The third kappa shape index (κ3) is 4.73. The second-order valence-electron chi connectivity index (χ2n) is 6.26. The Bertz CT molecular complexity index is 712. The van der Waals surface area contributed by atoms with Gasteiger partial charge in [0.25, 0.3) is 0 Å². The lowest BCUT2D eigenvalue weighted by Crippen LogP contribution is -2.29. The van der Waals surface area contributed by atoms with Crippen LogP contribution in [0, 0.1) is 0 Å². The smallest absolute Gasteiger partial charge is 0.319 e. The van der Waals surface area contributed by atoms with Gasteiger partial charge in [-0.1, -0.05) is 36.4 Å². The van der Waals surface area contributed by atoms with Crippen LogP contribution in [0.4, 0.5) is 10.5 Å². The SMILES string of the molecule is COc1ccccc1NC(=O)NCc1ccccc1CN1CCCC1. The molecular weight excluding hydrogens is 314 g/mol. The molecule has 25 heavy (non-hydrogen) atoms. The largest absolute Gasteiger partial charge is 0.495 e. The summed E-state index contributed by atoms with van der Waals surface area (Å²) in [5.41, 5.74) is 3.10. The molecule has 2 aromatic rings. The van der Waals surface area contributed by atoms with Gasteiger partial charge in [0.05, 0.1) is 12.8 Å². The summed E-state index contributed by atoms with van der Waals surface area (Å²) in [6, 6.07) is 15.4. The zero-order chi connectivity index (χ0) is 17.5. The molecule has 0 atom stereocenters. The van der Waals surface area contributed by atoms with Crippen LogP contribution in [0.15, 0.2) is 48.5 Å². The van der Waals surface area contributed by atoms with Crippen molar-refractivity contribution >= 4 is 11.7 Å². The lowest BCUT2D eigenvalue weighted by atomic mass is 10.1. The first-order chi connectivity index (χ1) is 12.3. The van der Waals surface area contributed by atoms with E-state index in [4.69, 9.17) is 4.74 Å². The van der Waals surface area contributed by atoms with Gasteiger partial charge < -0.3 is 15.4 Å². The molecule has 132 valence electrons. The average molecular weight is 339 g/mol. The second kappa shape index (κ2) is 8.53. The van der Waals surface area contributed by atoms with Crippen LogP contribution in [-0.4, -0.2) is 31.1 Å². The van der Waals surface area contributed by atoms with Crippen LogP contribution < -0.4 is 15.4 Å². The number of hydrogen-bond donors (Lipinski definition) is 2. The van der Waals surface area contributed by atoms with Gasteiger partial charge >= 0.3 is 6.03 Å². The molecule has 1 aliphatic heterocycles. The van der Waals surface area contributed by atoms with Gasteiger partial charge in [-0.25, -0.2) is 4.79 Å². The van der Waals surface area contributed by atoms with E-state index >= 15 is 0 Å². The summed E-state index contributed by atoms with van der Waals surface area (Å²) >= 11 is 0. The lowest BCUT2D eigenvalue weighted by Gasteiger charge is -2.18.